The Labute approximate surface area is 83.7 Å². The number of carbonyl (C=O) groups excluding carboxylic acids is 1. The van der Waals surface area contributed by atoms with Crippen LogP contribution in [-0.4, -0.2) is 33.2 Å². The standard InChI is InChI=1S/C9H15N3O2/c1-11-7-8(6-10)9(13)12-4-3-5-14-2/h7,11H,3-5H2,1-2H3,(H,12,13)/b8-7-. The highest BCUT2D eigenvalue weighted by molar-refractivity contribution is 5.97. The summed E-state index contributed by atoms with van der Waals surface area (Å²) >= 11 is 0. The average molecular weight is 197 g/mol. The van der Waals surface area contributed by atoms with E-state index in [0.717, 1.165) is 6.42 Å². The molecule has 0 spiro atoms. The predicted molar refractivity (Wildman–Crippen MR) is 52.3 cm³/mol. The van der Waals surface area contributed by atoms with Crippen LogP contribution in [0.5, 0.6) is 0 Å². The van der Waals surface area contributed by atoms with E-state index in [1.165, 1.54) is 6.20 Å². The SMILES string of the molecule is CN/C=C(/C#N)C(=O)NCCCOC. The van der Waals surface area contributed by atoms with Gasteiger partial charge in [-0.2, -0.15) is 5.26 Å². The zero-order valence-corrected chi connectivity index (χ0v) is 8.46. The first-order valence-electron chi connectivity index (χ1n) is 4.31. The lowest BCUT2D eigenvalue weighted by Crippen LogP contribution is -2.27. The van der Waals surface area contributed by atoms with Crippen LogP contribution in [0.1, 0.15) is 6.42 Å². The lowest BCUT2D eigenvalue weighted by atomic mass is 10.3. The first-order chi connectivity index (χ1) is 6.76. The first-order valence-corrected chi connectivity index (χ1v) is 4.31. The summed E-state index contributed by atoms with van der Waals surface area (Å²) < 4.78 is 4.81. The second-order valence-corrected chi connectivity index (χ2v) is 2.56. The molecule has 5 heteroatoms. The van der Waals surface area contributed by atoms with E-state index in [0.29, 0.717) is 13.2 Å². The van der Waals surface area contributed by atoms with Gasteiger partial charge >= 0.3 is 0 Å². The molecule has 14 heavy (non-hydrogen) atoms. The number of carbonyl (C=O) groups is 1. The van der Waals surface area contributed by atoms with Gasteiger partial charge in [-0.05, 0) is 6.42 Å². The van der Waals surface area contributed by atoms with Crippen LogP contribution in [0.25, 0.3) is 0 Å². The van der Waals surface area contributed by atoms with Gasteiger partial charge in [0.1, 0.15) is 11.6 Å². The Morgan fingerprint density at radius 3 is 2.86 bits per heavy atom. The van der Waals surface area contributed by atoms with Gasteiger partial charge in [0.15, 0.2) is 0 Å². The topological polar surface area (TPSA) is 74.2 Å². The quantitative estimate of drug-likeness (QED) is 0.350. The molecule has 0 saturated carbocycles. The fraction of sp³-hybridized carbons (Fsp3) is 0.556. The van der Waals surface area contributed by atoms with Gasteiger partial charge in [-0.25, -0.2) is 0 Å². The van der Waals surface area contributed by atoms with Gasteiger partial charge in [0.05, 0.1) is 0 Å². The number of nitrogens with zero attached hydrogens (tertiary/aromatic N) is 1. The summed E-state index contributed by atoms with van der Waals surface area (Å²) in [6.07, 6.45) is 2.10. The van der Waals surface area contributed by atoms with E-state index < -0.39 is 0 Å². The van der Waals surface area contributed by atoms with Crippen molar-refractivity contribution in [2.45, 2.75) is 6.42 Å². The summed E-state index contributed by atoms with van der Waals surface area (Å²) in [5.74, 6) is -0.363. The molecular formula is C9H15N3O2. The number of nitrogens with one attached hydrogen (secondary N) is 2. The van der Waals surface area contributed by atoms with Crippen LogP contribution in [0.3, 0.4) is 0 Å². The molecule has 2 N–H and O–H groups in total. The van der Waals surface area contributed by atoms with Gasteiger partial charge in [-0.15, -0.1) is 0 Å². The third-order valence-corrected chi connectivity index (χ3v) is 1.46. The van der Waals surface area contributed by atoms with Gasteiger partial charge in [-0.1, -0.05) is 0 Å². The first kappa shape index (κ1) is 12.5. The Bertz CT molecular complexity index is 243. The second kappa shape index (κ2) is 8.08. The van der Waals surface area contributed by atoms with Crippen molar-refractivity contribution in [1.82, 2.24) is 10.6 Å². The number of ether oxygens (including phenoxy) is 1. The number of rotatable bonds is 6. The Morgan fingerprint density at radius 2 is 2.36 bits per heavy atom. The van der Waals surface area contributed by atoms with Crippen molar-refractivity contribution < 1.29 is 9.53 Å². The van der Waals surface area contributed by atoms with Crippen molar-refractivity contribution in [2.24, 2.45) is 0 Å². The molecule has 0 unspecified atom stereocenters. The van der Waals surface area contributed by atoms with E-state index in [2.05, 4.69) is 10.6 Å². The number of hydrogen-bond acceptors (Lipinski definition) is 4. The van der Waals surface area contributed by atoms with E-state index in [1.54, 1.807) is 20.2 Å². The Morgan fingerprint density at radius 1 is 1.64 bits per heavy atom. The molecule has 0 aromatic heterocycles. The maximum Gasteiger partial charge on any atom is 0.263 e. The third kappa shape index (κ3) is 5.17. The minimum absolute atomic E-state index is 0.0740. The van der Waals surface area contributed by atoms with Crippen LogP contribution in [-0.2, 0) is 9.53 Å². The molecule has 0 fully saturated rings. The van der Waals surface area contributed by atoms with Crippen LogP contribution in [0.2, 0.25) is 0 Å². The summed E-state index contributed by atoms with van der Waals surface area (Å²) in [4.78, 5) is 11.2. The Kier molecular flexibility index (Phi) is 7.19. The Hall–Kier alpha value is -1.54. The van der Waals surface area contributed by atoms with Crippen molar-refractivity contribution in [3.63, 3.8) is 0 Å². The number of nitriles is 1. The highest BCUT2D eigenvalue weighted by Gasteiger charge is 2.06. The van der Waals surface area contributed by atoms with E-state index in [1.807, 2.05) is 0 Å². The van der Waals surface area contributed by atoms with E-state index in [-0.39, 0.29) is 11.5 Å². The van der Waals surface area contributed by atoms with Crippen LogP contribution in [0.15, 0.2) is 11.8 Å². The zero-order valence-electron chi connectivity index (χ0n) is 8.46. The number of methoxy groups -OCH3 is 1. The highest BCUT2D eigenvalue weighted by atomic mass is 16.5. The average Bonchev–Trinajstić information content (AvgIpc) is 2.20. The van der Waals surface area contributed by atoms with Crippen LogP contribution >= 0.6 is 0 Å². The molecular weight excluding hydrogens is 182 g/mol. The highest BCUT2D eigenvalue weighted by Crippen LogP contribution is 1.89. The smallest absolute Gasteiger partial charge is 0.263 e. The van der Waals surface area contributed by atoms with Gasteiger partial charge < -0.3 is 15.4 Å². The predicted octanol–water partition coefficient (Wildman–Crippen LogP) is -0.234. The maximum absolute atomic E-state index is 11.2. The normalized spacial score (nSPS) is 10.5. The van der Waals surface area contributed by atoms with Crippen LogP contribution < -0.4 is 10.6 Å². The molecule has 0 aliphatic carbocycles. The minimum Gasteiger partial charge on any atom is -0.393 e. The number of hydrogen-bond donors (Lipinski definition) is 2. The molecule has 0 aromatic carbocycles. The van der Waals surface area contributed by atoms with Gasteiger partial charge in [0, 0.05) is 33.5 Å². The lowest BCUT2D eigenvalue weighted by Gasteiger charge is -2.03. The summed E-state index contributed by atoms with van der Waals surface area (Å²) in [6, 6.07) is 1.80. The molecule has 0 aliphatic rings. The fourth-order valence-electron chi connectivity index (χ4n) is 0.807. The molecule has 0 heterocycles. The fourth-order valence-corrected chi connectivity index (χ4v) is 0.807. The molecule has 78 valence electrons. The molecule has 0 aromatic rings. The summed E-state index contributed by atoms with van der Waals surface area (Å²) in [6.45, 7) is 1.10. The van der Waals surface area contributed by atoms with E-state index in [9.17, 15) is 4.79 Å². The minimum atomic E-state index is -0.363. The molecule has 5 nitrogen and oxygen atoms in total. The summed E-state index contributed by atoms with van der Waals surface area (Å²) in [5.41, 5.74) is 0.0740. The third-order valence-electron chi connectivity index (χ3n) is 1.46. The second-order valence-electron chi connectivity index (χ2n) is 2.56. The van der Waals surface area contributed by atoms with Gasteiger partial charge in [-0.3, -0.25) is 4.79 Å². The molecule has 0 rings (SSSR count). The largest absolute Gasteiger partial charge is 0.393 e. The molecule has 0 saturated heterocycles. The summed E-state index contributed by atoms with van der Waals surface area (Å²) in [7, 11) is 3.24. The number of amides is 1. The molecule has 0 aliphatic heterocycles. The van der Waals surface area contributed by atoms with Gasteiger partial charge in [0.2, 0.25) is 0 Å². The van der Waals surface area contributed by atoms with Crippen molar-refractivity contribution in [2.75, 3.05) is 27.3 Å². The summed E-state index contributed by atoms with van der Waals surface area (Å²) in [5, 5.41) is 13.8. The van der Waals surface area contributed by atoms with Gasteiger partial charge in [0.25, 0.3) is 5.91 Å². The zero-order chi connectivity index (χ0) is 10.8. The van der Waals surface area contributed by atoms with Crippen LogP contribution in [0.4, 0.5) is 0 Å². The molecule has 1 amide bonds. The van der Waals surface area contributed by atoms with Crippen molar-refractivity contribution in [3.8, 4) is 6.07 Å². The maximum atomic E-state index is 11.2. The van der Waals surface area contributed by atoms with E-state index in [4.69, 9.17) is 10.00 Å². The molecule has 0 atom stereocenters. The Balaban J connectivity index is 3.84. The van der Waals surface area contributed by atoms with E-state index >= 15 is 0 Å². The van der Waals surface area contributed by atoms with Crippen molar-refractivity contribution in [1.29, 1.82) is 5.26 Å². The van der Waals surface area contributed by atoms with Crippen molar-refractivity contribution >= 4 is 5.91 Å². The lowest BCUT2D eigenvalue weighted by molar-refractivity contribution is -0.117. The molecule has 0 bridgehead atoms. The monoisotopic (exact) mass is 197 g/mol. The van der Waals surface area contributed by atoms with Crippen LogP contribution in [0, 0.1) is 11.3 Å². The molecule has 0 radical (unpaired) electrons. The van der Waals surface area contributed by atoms with Crippen molar-refractivity contribution in [3.05, 3.63) is 11.8 Å².